The number of rotatable bonds is 10. The van der Waals surface area contributed by atoms with Crippen LogP contribution >= 0.6 is 5.59 Å². The first-order valence-corrected chi connectivity index (χ1v) is 26.5. The van der Waals surface area contributed by atoms with Crippen molar-refractivity contribution in [1.29, 1.82) is 0 Å². The van der Waals surface area contributed by atoms with Gasteiger partial charge in [0.15, 0.2) is 0 Å². The Morgan fingerprint density at radius 2 is 0.755 bits per heavy atom. The molecule has 4 fully saturated rings. The monoisotopic (exact) mass is 773 g/mol. The molecule has 0 radical (unpaired) electrons. The van der Waals surface area contributed by atoms with Crippen molar-refractivity contribution in [2.45, 2.75) is 192 Å². The third kappa shape index (κ3) is 7.71. The van der Waals surface area contributed by atoms with Crippen molar-refractivity contribution in [3.8, 4) is 0 Å². The fourth-order valence-corrected chi connectivity index (χ4v) is 29.3. The summed E-state index contributed by atoms with van der Waals surface area (Å²) in [4.78, 5) is 6.03. The summed E-state index contributed by atoms with van der Waals surface area (Å²) in [5, 5.41) is 0. The Kier molecular flexibility index (Phi) is 12.9. The number of hydrogen-bond donors (Lipinski definition) is 0. The molecule has 6 rings (SSSR count). The average Bonchev–Trinajstić information content (AvgIpc) is 3.53. The van der Waals surface area contributed by atoms with Gasteiger partial charge in [-0.1, -0.05) is 0 Å². The van der Waals surface area contributed by atoms with Gasteiger partial charge in [0.1, 0.15) is 0 Å². The maximum absolute atomic E-state index is 3.01. The Labute approximate surface area is 309 Å². The molecule has 3 aliphatic carbocycles. The van der Waals surface area contributed by atoms with E-state index >= 15 is 0 Å². The molecule has 49 heavy (non-hydrogen) atoms. The molecule has 4 aliphatic rings. The molecule has 3 saturated carbocycles. The number of hydrogen-bond acceptors (Lipinski definition) is 2. The minimum absolute atomic E-state index is 0.125. The second-order valence-corrected chi connectivity index (χ2v) is 28.5. The Morgan fingerprint density at radius 1 is 0.469 bits per heavy atom. The van der Waals surface area contributed by atoms with Gasteiger partial charge in [-0.2, -0.15) is 0 Å². The minimum atomic E-state index is -1.72. The van der Waals surface area contributed by atoms with Crippen LogP contribution in [0.5, 0.6) is 0 Å². The van der Waals surface area contributed by atoms with Crippen LogP contribution < -0.4 is 9.80 Å². The molecule has 1 aliphatic heterocycles. The Bertz CT molecular complexity index is 1240. The van der Waals surface area contributed by atoms with Crippen LogP contribution in [0.25, 0.3) is 0 Å². The molecule has 2 aromatic rings. The third-order valence-electron chi connectivity index (χ3n) is 13.1. The molecular formula is C45H72N2PRu. The fraction of sp³-hybridized carbons (Fsp3) is 0.711. The Hall–Kier alpha value is -1.04. The topological polar surface area (TPSA) is 6.48 Å². The molecule has 4 heteroatoms. The predicted molar refractivity (Wildman–Crippen MR) is 218 cm³/mol. The summed E-state index contributed by atoms with van der Waals surface area (Å²) >= 11 is 0.125. The predicted octanol–water partition coefficient (Wildman–Crippen LogP) is 13.3. The summed E-state index contributed by atoms with van der Waals surface area (Å²) in [5.74, 6) is 2.08. The molecular weight excluding hydrogens is 701 g/mol. The molecule has 0 bridgehead atoms. The zero-order chi connectivity index (χ0) is 34.7. The van der Waals surface area contributed by atoms with Crippen molar-refractivity contribution in [3.05, 3.63) is 58.7 Å². The maximum atomic E-state index is 3.01. The van der Waals surface area contributed by atoms with Crippen LogP contribution in [0, 0.1) is 0 Å². The molecule has 1 heterocycles. The molecule has 0 unspecified atom stereocenters. The van der Waals surface area contributed by atoms with E-state index in [0.717, 1.165) is 30.1 Å². The van der Waals surface area contributed by atoms with E-state index in [2.05, 4.69) is 102 Å². The molecule has 0 atom stereocenters. The fourth-order valence-electron chi connectivity index (χ4n) is 10.6. The van der Waals surface area contributed by atoms with Gasteiger partial charge in [0.2, 0.25) is 0 Å². The molecule has 0 aromatic heterocycles. The van der Waals surface area contributed by atoms with E-state index in [1.165, 1.54) is 57.8 Å². The van der Waals surface area contributed by atoms with Crippen LogP contribution in [0.3, 0.4) is 0 Å². The van der Waals surface area contributed by atoms with Crippen molar-refractivity contribution < 1.29 is 16.2 Å². The summed E-state index contributed by atoms with van der Waals surface area (Å²) in [6, 6.07) is 14.7. The van der Waals surface area contributed by atoms with Crippen LogP contribution in [0.1, 0.15) is 198 Å². The van der Waals surface area contributed by atoms with Gasteiger partial charge in [-0.05, 0) is 0 Å². The van der Waals surface area contributed by atoms with Gasteiger partial charge in [-0.25, -0.2) is 0 Å². The number of nitrogens with zero attached hydrogens (tertiary/aromatic N) is 2. The van der Waals surface area contributed by atoms with Crippen molar-refractivity contribution in [3.63, 3.8) is 0 Å². The first-order valence-electron chi connectivity index (χ1n) is 21.0. The molecule has 1 saturated heterocycles. The van der Waals surface area contributed by atoms with Crippen molar-refractivity contribution in [2.24, 2.45) is 0 Å². The molecule has 0 N–H and O–H groups in total. The van der Waals surface area contributed by atoms with Crippen LogP contribution in [0.15, 0.2) is 36.4 Å². The van der Waals surface area contributed by atoms with Crippen molar-refractivity contribution in [1.82, 2.24) is 0 Å². The molecule has 2 aromatic carbocycles. The summed E-state index contributed by atoms with van der Waals surface area (Å²) in [5.41, 5.74) is 11.0. The summed E-state index contributed by atoms with van der Waals surface area (Å²) in [6.45, 7) is 21.8. The van der Waals surface area contributed by atoms with E-state index in [-0.39, 0.29) is 16.2 Å². The Balaban J connectivity index is 1.67. The van der Waals surface area contributed by atoms with E-state index in [1.54, 1.807) is 72.2 Å². The molecule has 0 spiro atoms. The third-order valence-corrected chi connectivity index (χ3v) is 29.7. The quantitative estimate of drug-likeness (QED) is 0.175. The zero-order valence-corrected chi connectivity index (χ0v) is 35.5. The van der Waals surface area contributed by atoms with Crippen molar-refractivity contribution >= 4 is 21.3 Å². The summed E-state index contributed by atoms with van der Waals surface area (Å²) in [7, 11) is 0. The van der Waals surface area contributed by atoms with E-state index in [0.29, 0.717) is 23.7 Å². The standard InChI is InChI=1S/C27H38N2.C18H33P.Ru/c1-18(2)22-11-9-12-23(19(3)4)26(22)28-15-16-29(17-28)27-24(20(5)6)13-10-14-25(27)21(7)8;1-4-10-16(11-5-1)19(17-12-6-2-7-13-17)18-14-8-3-9-15-18;/h9-14,18-21H,15-16H2,1-8H3;16-18H,1-15H2;/q;;-1/p+1. The van der Waals surface area contributed by atoms with Gasteiger partial charge >= 0.3 is 311 Å². The second-order valence-electron chi connectivity index (χ2n) is 17.6. The SMILES string of the molecule is CC(C)c1cccc(C(C)C)c1N1CCN(c2c(C(C)C)cccc2C(C)C)[C]1=[Ru][PH](C1CCCCC1)(C1CCCCC1)C1CCCCC1. The second kappa shape index (κ2) is 16.8. The van der Waals surface area contributed by atoms with Crippen LogP contribution in [-0.2, 0) is 16.2 Å². The number of para-hydroxylation sites is 2. The molecule has 2 nitrogen and oxygen atoms in total. The van der Waals surface area contributed by atoms with Crippen molar-refractivity contribution in [2.75, 3.05) is 22.9 Å². The van der Waals surface area contributed by atoms with Crippen LogP contribution in [0.2, 0.25) is 0 Å². The van der Waals surface area contributed by atoms with Gasteiger partial charge in [0.05, 0.1) is 0 Å². The molecule has 0 amide bonds. The van der Waals surface area contributed by atoms with E-state index in [4.69, 9.17) is 0 Å². The van der Waals surface area contributed by atoms with Gasteiger partial charge in [-0.15, -0.1) is 0 Å². The zero-order valence-electron chi connectivity index (χ0n) is 32.8. The van der Waals surface area contributed by atoms with Crippen LogP contribution in [-0.4, -0.2) is 34.4 Å². The van der Waals surface area contributed by atoms with Gasteiger partial charge < -0.3 is 0 Å². The Morgan fingerprint density at radius 3 is 1.02 bits per heavy atom. The van der Waals surface area contributed by atoms with Gasteiger partial charge in [0.25, 0.3) is 0 Å². The number of anilines is 2. The van der Waals surface area contributed by atoms with Gasteiger partial charge in [-0.3, -0.25) is 0 Å². The summed E-state index contributed by atoms with van der Waals surface area (Å²) in [6.07, 6.45) is 22.8. The average molecular weight is 773 g/mol. The normalized spacial score (nSPS) is 21.3. The van der Waals surface area contributed by atoms with E-state index in [1.807, 2.05) is 4.35 Å². The van der Waals surface area contributed by atoms with E-state index in [9.17, 15) is 0 Å². The summed E-state index contributed by atoms with van der Waals surface area (Å²) < 4.78 is 1.82. The van der Waals surface area contributed by atoms with Crippen LogP contribution in [0.4, 0.5) is 11.4 Å². The van der Waals surface area contributed by atoms with Gasteiger partial charge in [0, 0.05) is 0 Å². The number of benzene rings is 2. The van der Waals surface area contributed by atoms with E-state index < -0.39 is 5.59 Å². The first-order chi connectivity index (χ1) is 23.6. The molecule has 275 valence electrons. The first kappa shape index (κ1) is 37.7.